The predicted molar refractivity (Wildman–Crippen MR) is 102 cm³/mol. The highest BCUT2D eigenvalue weighted by Gasteiger charge is 2.34. The molecule has 0 radical (unpaired) electrons. The standard InChI is InChI=1S/C20H21N5O2/c1-2-25-17-11-10-14(13-16(17)22-23-25)20(27)24-12-6-9-18(24)19(26)21-15-7-4-3-5-8-15/h3-5,7-8,10-11,13,18H,2,6,9,12H2,1H3,(H,21,26). The summed E-state index contributed by atoms with van der Waals surface area (Å²) >= 11 is 0. The van der Waals surface area contributed by atoms with Gasteiger partial charge in [0.05, 0.1) is 5.52 Å². The van der Waals surface area contributed by atoms with E-state index < -0.39 is 6.04 Å². The number of hydrogen-bond donors (Lipinski definition) is 1. The van der Waals surface area contributed by atoms with Crippen molar-refractivity contribution in [3.05, 3.63) is 54.1 Å². The van der Waals surface area contributed by atoms with E-state index >= 15 is 0 Å². The summed E-state index contributed by atoms with van der Waals surface area (Å²) in [6.45, 7) is 3.29. The molecule has 2 aromatic carbocycles. The van der Waals surface area contributed by atoms with E-state index in [2.05, 4.69) is 15.6 Å². The van der Waals surface area contributed by atoms with Gasteiger partial charge in [0.2, 0.25) is 5.91 Å². The molecule has 3 aromatic rings. The molecule has 1 fully saturated rings. The number of rotatable bonds is 4. The number of nitrogens with one attached hydrogen (secondary N) is 1. The lowest BCUT2D eigenvalue weighted by atomic mass is 10.1. The molecule has 27 heavy (non-hydrogen) atoms. The summed E-state index contributed by atoms with van der Waals surface area (Å²) in [7, 11) is 0. The van der Waals surface area contributed by atoms with Gasteiger partial charge in [-0.1, -0.05) is 23.4 Å². The van der Waals surface area contributed by atoms with Crippen LogP contribution in [-0.4, -0.2) is 44.3 Å². The van der Waals surface area contributed by atoms with Gasteiger partial charge < -0.3 is 10.2 Å². The van der Waals surface area contributed by atoms with Crippen molar-refractivity contribution in [1.82, 2.24) is 19.9 Å². The van der Waals surface area contributed by atoms with Crippen molar-refractivity contribution in [2.24, 2.45) is 0 Å². The van der Waals surface area contributed by atoms with Crippen LogP contribution in [0.25, 0.3) is 11.0 Å². The Hall–Kier alpha value is -3.22. The number of hydrogen-bond acceptors (Lipinski definition) is 4. The topological polar surface area (TPSA) is 80.1 Å². The number of nitrogens with zero attached hydrogens (tertiary/aromatic N) is 4. The van der Waals surface area contributed by atoms with Crippen molar-refractivity contribution in [2.45, 2.75) is 32.4 Å². The van der Waals surface area contributed by atoms with Crippen molar-refractivity contribution < 1.29 is 9.59 Å². The summed E-state index contributed by atoms with van der Waals surface area (Å²) in [6.07, 6.45) is 1.48. The van der Waals surface area contributed by atoms with E-state index in [9.17, 15) is 9.59 Å². The van der Waals surface area contributed by atoms with Crippen LogP contribution >= 0.6 is 0 Å². The number of carbonyl (C=O) groups is 2. The third kappa shape index (κ3) is 3.28. The first-order chi connectivity index (χ1) is 13.2. The second-order valence-electron chi connectivity index (χ2n) is 6.62. The molecular formula is C20H21N5O2. The molecule has 1 saturated heterocycles. The van der Waals surface area contributed by atoms with Crippen molar-refractivity contribution in [1.29, 1.82) is 0 Å². The van der Waals surface area contributed by atoms with Gasteiger partial charge in [-0.3, -0.25) is 9.59 Å². The van der Waals surface area contributed by atoms with Gasteiger partial charge in [-0.2, -0.15) is 0 Å². The molecular weight excluding hydrogens is 342 g/mol. The van der Waals surface area contributed by atoms with Gasteiger partial charge >= 0.3 is 0 Å². The van der Waals surface area contributed by atoms with Gasteiger partial charge in [0.25, 0.3) is 5.91 Å². The van der Waals surface area contributed by atoms with E-state index in [0.29, 0.717) is 24.0 Å². The Morgan fingerprint density at radius 2 is 2.00 bits per heavy atom. The Morgan fingerprint density at radius 1 is 1.19 bits per heavy atom. The average Bonchev–Trinajstić information content (AvgIpc) is 3.34. The molecule has 1 atom stereocenters. The molecule has 2 heterocycles. The molecule has 0 spiro atoms. The van der Waals surface area contributed by atoms with Gasteiger partial charge in [-0.05, 0) is 50.1 Å². The maximum absolute atomic E-state index is 13.0. The van der Waals surface area contributed by atoms with Crippen molar-refractivity contribution in [3.8, 4) is 0 Å². The zero-order chi connectivity index (χ0) is 18.8. The second kappa shape index (κ2) is 7.19. The molecule has 1 unspecified atom stereocenters. The SMILES string of the molecule is CCn1nnc2cc(C(=O)N3CCCC3C(=O)Nc3ccccc3)ccc21. The van der Waals surface area contributed by atoms with Gasteiger partial charge in [-0.25, -0.2) is 4.68 Å². The molecule has 1 aliphatic rings. The fourth-order valence-corrected chi connectivity index (χ4v) is 3.53. The zero-order valence-electron chi connectivity index (χ0n) is 15.1. The summed E-state index contributed by atoms with van der Waals surface area (Å²) in [4.78, 5) is 27.4. The van der Waals surface area contributed by atoms with Crippen molar-refractivity contribution >= 4 is 28.5 Å². The van der Waals surface area contributed by atoms with Crippen LogP contribution in [0.4, 0.5) is 5.69 Å². The van der Waals surface area contributed by atoms with Crippen LogP contribution in [0.5, 0.6) is 0 Å². The molecule has 7 heteroatoms. The molecule has 4 rings (SSSR count). The number of para-hydroxylation sites is 1. The molecule has 1 aromatic heterocycles. The van der Waals surface area contributed by atoms with Crippen LogP contribution in [0, 0.1) is 0 Å². The third-order valence-corrected chi connectivity index (χ3v) is 4.92. The number of fused-ring (bicyclic) bond motifs is 1. The fourth-order valence-electron chi connectivity index (χ4n) is 3.53. The Balaban J connectivity index is 1.54. The average molecular weight is 363 g/mol. The van der Waals surface area contributed by atoms with Crippen LogP contribution < -0.4 is 5.32 Å². The van der Waals surface area contributed by atoms with Gasteiger partial charge in [0.1, 0.15) is 11.6 Å². The van der Waals surface area contributed by atoms with E-state index in [-0.39, 0.29) is 11.8 Å². The number of benzene rings is 2. The molecule has 7 nitrogen and oxygen atoms in total. The Kier molecular flexibility index (Phi) is 4.58. The number of likely N-dealkylation sites (tertiary alicyclic amines) is 1. The minimum absolute atomic E-state index is 0.145. The quantitative estimate of drug-likeness (QED) is 0.773. The van der Waals surface area contributed by atoms with E-state index in [1.807, 2.05) is 43.3 Å². The third-order valence-electron chi connectivity index (χ3n) is 4.92. The number of aryl methyl sites for hydroxylation is 1. The van der Waals surface area contributed by atoms with Crippen molar-refractivity contribution in [2.75, 3.05) is 11.9 Å². The molecule has 0 bridgehead atoms. The van der Waals surface area contributed by atoms with Crippen LogP contribution in [-0.2, 0) is 11.3 Å². The van der Waals surface area contributed by atoms with E-state index in [1.54, 1.807) is 21.7 Å². The van der Waals surface area contributed by atoms with Gasteiger partial charge in [0.15, 0.2) is 0 Å². The number of aromatic nitrogens is 3. The summed E-state index contributed by atoms with van der Waals surface area (Å²) in [5.41, 5.74) is 2.85. The van der Waals surface area contributed by atoms with Crippen LogP contribution in [0.15, 0.2) is 48.5 Å². The molecule has 0 saturated carbocycles. The van der Waals surface area contributed by atoms with E-state index in [1.165, 1.54) is 0 Å². The predicted octanol–water partition coefficient (Wildman–Crippen LogP) is 2.69. The molecule has 2 amide bonds. The Labute approximate surface area is 157 Å². The first-order valence-electron chi connectivity index (χ1n) is 9.17. The van der Waals surface area contributed by atoms with Crippen molar-refractivity contribution in [3.63, 3.8) is 0 Å². The minimum Gasteiger partial charge on any atom is -0.327 e. The Bertz CT molecular complexity index is 982. The zero-order valence-corrected chi connectivity index (χ0v) is 15.1. The second-order valence-corrected chi connectivity index (χ2v) is 6.62. The van der Waals surface area contributed by atoms with Crippen LogP contribution in [0.2, 0.25) is 0 Å². The fraction of sp³-hybridized carbons (Fsp3) is 0.300. The molecule has 1 aliphatic heterocycles. The summed E-state index contributed by atoms with van der Waals surface area (Å²) < 4.78 is 1.79. The highest BCUT2D eigenvalue weighted by molar-refractivity contribution is 6.02. The van der Waals surface area contributed by atoms with Gasteiger partial charge in [-0.15, -0.1) is 5.10 Å². The lowest BCUT2D eigenvalue weighted by molar-refractivity contribution is -0.119. The van der Waals surface area contributed by atoms with E-state index in [4.69, 9.17) is 0 Å². The lowest BCUT2D eigenvalue weighted by Gasteiger charge is -2.24. The maximum atomic E-state index is 13.0. The lowest BCUT2D eigenvalue weighted by Crippen LogP contribution is -2.43. The number of anilines is 1. The largest absolute Gasteiger partial charge is 0.327 e. The maximum Gasteiger partial charge on any atom is 0.254 e. The normalized spacial score (nSPS) is 16.6. The molecule has 138 valence electrons. The van der Waals surface area contributed by atoms with E-state index in [0.717, 1.165) is 24.2 Å². The minimum atomic E-state index is -0.459. The van der Waals surface area contributed by atoms with Crippen LogP contribution in [0.1, 0.15) is 30.1 Å². The van der Waals surface area contributed by atoms with Gasteiger partial charge in [0, 0.05) is 24.3 Å². The first kappa shape index (κ1) is 17.2. The molecule has 0 aliphatic carbocycles. The summed E-state index contributed by atoms with van der Waals surface area (Å²) in [5, 5.41) is 11.1. The highest BCUT2D eigenvalue weighted by Crippen LogP contribution is 2.23. The van der Waals surface area contributed by atoms with Crippen LogP contribution in [0.3, 0.4) is 0 Å². The monoisotopic (exact) mass is 363 g/mol. The Morgan fingerprint density at radius 3 is 2.78 bits per heavy atom. The number of carbonyl (C=O) groups excluding carboxylic acids is 2. The smallest absolute Gasteiger partial charge is 0.254 e. The highest BCUT2D eigenvalue weighted by atomic mass is 16.2. The number of amides is 2. The first-order valence-corrected chi connectivity index (χ1v) is 9.17. The summed E-state index contributed by atoms with van der Waals surface area (Å²) in [5.74, 6) is -0.293. The summed E-state index contributed by atoms with van der Waals surface area (Å²) in [6, 6.07) is 14.2. The molecule has 1 N–H and O–H groups in total.